The van der Waals surface area contributed by atoms with Gasteiger partial charge in [0.2, 0.25) is 5.91 Å². The molecule has 2 aromatic rings. The Hall–Kier alpha value is -2.37. The normalized spacial score (nSPS) is 11.9. The molecule has 0 aliphatic rings. The van der Waals surface area contributed by atoms with Crippen LogP contribution >= 0.6 is 0 Å². The second kappa shape index (κ2) is 7.42. The van der Waals surface area contributed by atoms with Crippen molar-refractivity contribution in [2.45, 2.75) is 25.9 Å². The van der Waals surface area contributed by atoms with Gasteiger partial charge in [0.1, 0.15) is 18.2 Å². The van der Waals surface area contributed by atoms with E-state index in [1.807, 2.05) is 19.2 Å². The van der Waals surface area contributed by atoms with Crippen molar-refractivity contribution in [3.8, 4) is 5.75 Å². The molecule has 2 rings (SSSR count). The highest BCUT2D eigenvalue weighted by molar-refractivity contribution is 5.76. The number of aromatic nitrogens is 2. The van der Waals surface area contributed by atoms with Crippen LogP contribution in [0.2, 0.25) is 0 Å². The fraction of sp³-hybridized carbons (Fsp3) is 0.333. The van der Waals surface area contributed by atoms with Crippen LogP contribution in [0.3, 0.4) is 0 Å². The van der Waals surface area contributed by atoms with Crippen molar-refractivity contribution < 1.29 is 13.9 Å². The van der Waals surface area contributed by atoms with Gasteiger partial charge in [-0.3, -0.25) is 9.48 Å². The van der Waals surface area contributed by atoms with Crippen LogP contribution in [-0.2, 0) is 11.3 Å². The van der Waals surface area contributed by atoms with Gasteiger partial charge in [-0.15, -0.1) is 0 Å². The summed E-state index contributed by atoms with van der Waals surface area (Å²) in [5.41, 5.74) is 0. The van der Waals surface area contributed by atoms with Crippen molar-refractivity contribution in [2.24, 2.45) is 0 Å². The number of rotatable bonds is 7. The van der Waals surface area contributed by atoms with Gasteiger partial charge in [0.25, 0.3) is 0 Å². The predicted molar refractivity (Wildman–Crippen MR) is 76.3 cm³/mol. The number of halogens is 1. The van der Waals surface area contributed by atoms with E-state index in [4.69, 9.17) is 4.74 Å². The van der Waals surface area contributed by atoms with Crippen LogP contribution < -0.4 is 10.1 Å². The fourth-order valence-electron chi connectivity index (χ4n) is 1.82. The lowest BCUT2D eigenvalue weighted by Gasteiger charge is -2.15. The molecule has 1 aromatic heterocycles. The third-order valence-electron chi connectivity index (χ3n) is 2.83. The number of nitrogens with one attached hydrogen (secondary N) is 1. The first-order valence-corrected chi connectivity index (χ1v) is 6.78. The second-order valence-electron chi connectivity index (χ2n) is 4.76. The molecule has 0 bridgehead atoms. The Morgan fingerprint density at radius 1 is 1.48 bits per heavy atom. The van der Waals surface area contributed by atoms with Crippen LogP contribution in [-0.4, -0.2) is 28.3 Å². The van der Waals surface area contributed by atoms with Crippen LogP contribution in [0.5, 0.6) is 5.75 Å². The number of nitrogens with zero attached hydrogens (tertiary/aromatic N) is 2. The van der Waals surface area contributed by atoms with E-state index >= 15 is 0 Å². The second-order valence-corrected chi connectivity index (χ2v) is 4.76. The maximum atomic E-state index is 13.0. The molecule has 0 saturated carbocycles. The highest BCUT2D eigenvalue weighted by atomic mass is 19.1. The molecule has 1 aromatic carbocycles. The average Bonchev–Trinajstić information content (AvgIpc) is 2.96. The van der Waals surface area contributed by atoms with Crippen molar-refractivity contribution in [2.75, 3.05) is 6.61 Å². The topological polar surface area (TPSA) is 56.1 Å². The van der Waals surface area contributed by atoms with E-state index in [0.717, 1.165) is 0 Å². The first kappa shape index (κ1) is 15.0. The standard InChI is InChI=1S/C15H18FN3O2/c1-12(11-21-14-5-2-4-13(16)10-14)18-15(20)6-9-19-8-3-7-17-19/h2-5,7-8,10,12H,6,9,11H2,1H3,(H,18,20)/t12-/m1/s1. The molecule has 0 aliphatic heterocycles. The molecule has 0 unspecified atom stereocenters. The van der Waals surface area contributed by atoms with E-state index in [-0.39, 0.29) is 24.4 Å². The Labute approximate surface area is 122 Å². The van der Waals surface area contributed by atoms with Crippen LogP contribution in [0, 0.1) is 5.82 Å². The number of carbonyl (C=O) groups is 1. The molecule has 0 spiro atoms. The molecule has 0 saturated heterocycles. The van der Waals surface area contributed by atoms with Crippen molar-refractivity contribution in [1.29, 1.82) is 0 Å². The van der Waals surface area contributed by atoms with Crippen LogP contribution in [0.4, 0.5) is 4.39 Å². The number of ether oxygens (including phenoxy) is 1. The number of hydrogen-bond acceptors (Lipinski definition) is 3. The summed E-state index contributed by atoms with van der Waals surface area (Å²) in [4.78, 5) is 11.7. The Bertz CT molecular complexity index is 572. The quantitative estimate of drug-likeness (QED) is 0.849. The van der Waals surface area contributed by atoms with Gasteiger partial charge in [0.05, 0.1) is 6.04 Å². The van der Waals surface area contributed by atoms with Crippen molar-refractivity contribution in [3.05, 3.63) is 48.5 Å². The summed E-state index contributed by atoms with van der Waals surface area (Å²) in [5, 5.41) is 6.86. The Kier molecular flexibility index (Phi) is 5.31. The molecule has 1 N–H and O–H groups in total. The lowest BCUT2D eigenvalue weighted by Crippen LogP contribution is -2.37. The van der Waals surface area contributed by atoms with E-state index in [1.165, 1.54) is 12.1 Å². The number of amides is 1. The number of carbonyl (C=O) groups excluding carboxylic acids is 1. The smallest absolute Gasteiger partial charge is 0.222 e. The third kappa shape index (κ3) is 5.25. The van der Waals surface area contributed by atoms with Gasteiger partial charge in [-0.05, 0) is 25.1 Å². The zero-order valence-electron chi connectivity index (χ0n) is 11.8. The maximum absolute atomic E-state index is 13.0. The fourth-order valence-corrected chi connectivity index (χ4v) is 1.82. The SMILES string of the molecule is C[C@H](COc1cccc(F)c1)NC(=O)CCn1cccn1. The van der Waals surface area contributed by atoms with Crippen LogP contribution in [0.15, 0.2) is 42.7 Å². The summed E-state index contributed by atoms with van der Waals surface area (Å²) in [6.45, 7) is 2.67. The molecule has 1 amide bonds. The summed E-state index contributed by atoms with van der Waals surface area (Å²) >= 11 is 0. The monoisotopic (exact) mass is 291 g/mol. The minimum Gasteiger partial charge on any atom is -0.491 e. The predicted octanol–water partition coefficient (Wildman–Crippen LogP) is 2.00. The molecule has 21 heavy (non-hydrogen) atoms. The molecule has 1 atom stereocenters. The van der Waals surface area contributed by atoms with Crippen LogP contribution in [0.1, 0.15) is 13.3 Å². The maximum Gasteiger partial charge on any atom is 0.222 e. The van der Waals surface area contributed by atoms with E-state index in [2.05, 4.69) is 10.4 Å². The third-order valence-corrected chi connectivity index (χ3v) is 2.83. The van der Waals surface area contributed by atoms with Gasteiger partial charge in [-0.1, -0.05) is 6.07 Å². The van der Waals surface area contributed by atoms with Crippen LogP contribution in [0.25, 0.3) is 0 Å². The van der Waals surface area contributed by atoms with Gasteiger partial charge in [-0.2, -0.15) is 5.10 Å². The highest BCUT2D eigenvalue weighted by Crippen LogP contribution is 2.11. The van der Waals surface area contributed by atoms with Gasteiger partial charge in [0.15, 0.2) is 0 Å². The minimum absolute atomic E-state index is 0.0687. The molecule has 0 radical (unpaired) electrons. The van der Waals surface area contributed by atoms with Crippen molar-refractivity contribution in [3.63, 3.8) is 0 Å². The Balaban J connectivity index is 1.68. The first-order chi connectivity index (χ1) is 10.1. The van der Waals surface area contributed by atoms with Gasteiger partial charge in [0, 0.05) is 31.4 Å². The van der Waals surface area contributed by atoms with E-state index in [0.29, 0.717) is 18.7 Å². The van der Waals surface area contributed by atoms with Gasteiger partial charge in [-0.25, -0.2) is 4.39 Å². The van der Waals surface area contributed by atoms with E-state index in [9.17, 15) is 9.18 Å². The summed E-state index contributed by atoms with van der Waals surface area (Å²) in [6, 6.07) is 7.58. The number of benzene rings is 1. The Morgan fingerprint density at radius 3 is 3.05 bits per heavy atom. The zero-order chi connectivity index (χ0) is 15.1. The molecule has 1 heterocycles. The summed E-state index contributed by atoms with van der Waals surface area (Å²) in [5.74, 6) is 0.0388. The molecule has 5 nitrogen and oxygen atoms in total. The minimum atomic E-state index is -0.344. The van der Waals surface area contributed by atoms with E-state index < -0.39 is 0 Å². The lowest BCUT2D eigenvalue weighted by molar-refractivity contribution is -0.122. The molecule has 0 aliphatic carbocycles. The summed E-state index contributed by atoms with van der Waals surface area (Å²) in [7, 11) is 0. The lowest BCUT2D eigenvalue weighted by atomic mass is 10.3. The number of hydrogen-bond donors (Lipinski definition) is 1. The van der Waals surface area contributed by atoms with Gasteiger partial charge >= 0.3 is 0 Å². The molecular weight excluding hydrogens is 273 g/mol. The first-order valence-electron chi connectivity index (χ1n) is 6.78. The van der Waals surface area contributed by atoms with Gasteiger partial charge < -0.3 is 10.1 Å². The number of aryl methyl sites for hydroxylation is 1. The largest absolute Gasteiger partial charge is 0.491 e. The van der Waals surface area contributed by atoms with E-state index in [1.54, 1.807) is 23.0 Å². The summed E-state index contributed by atoms with van der Waals surface area (Å²) < 4.78 is 20.1. The zero-order valence-corrected chi connectivity index (χ0v) is 11.8. The van der Waals surface area contributed by atoms with Crippen molar-refractivity contribution >= 4 is 5.91 Å². The Morgan fingerprint density at radius 2 is 2.33 bits per heavy atom. The summed E-state index contributed by atoms with van der Waals surface area (Å²) in [6.07, 6.45) is 3.84. The molecule has 112 valence electrons. The molecular formula is C15H18FN3O2. The molecule has 0 fully saturated rings. The molecule has 6 heteroatoms. The van der Waals surface area contributed by atoms with Crippen molar-refractivity contribution in [1.82, 2.24) is 15.1 Å². The average molecular weight is 291 g/mol. The highest BCUT2D eigenvalue weighted by Gasteiger charge is 2.08.